The molecule has 0 aliphatic rings. The molecule has 0 aliphatic heterocycles. The average Bonchev–Trinajstić information content (AvgIpc) is 2.52. The predicted molar refractivity (Wildman–Crippen MR) is 93.5 cm³/mol. The number of nitrogens with zero attached hydrogens (tertiary/aromatic N) is 1. The molecule has 1 amide bonds. The number of hydrogen-bond donors (Lipinski definition) is 1. The Morgan fingerprint density at radius 1 is 1.17 bits per heavy atom. The number of para-hydroxylation sites is 1. The van der Waals surface area contributed by atoms with E-state index in [2.05, 4.69) is 10.5 Å². The van der Waals surface area contributed by atoms with Gasteiger partial charge in [0.05, 0.1) is 29.3 Å². The van der Waals surface area contributed by atoms with Crippen LogP contribution in [0.1, 0.15) is 17.5 Å². The van der Waals surface area contributed by atoms with Crippen LogP contribution in [0, 0.1) is 6.92 Å². The van der Waals surface area contributed by atoms with Crippen molar-refractivity contribution in [3.05, 3.63) is 63.6 Å². The minimum absolute atomic E-state index is 0.196. The van der Waals surface area contributed by atoms with Gasteiger partial charge in [0, 0.05) is 5.56 Å². The summed E-state index contributed by atoms with van der Waals surface area (Å²) >= 11 is 12.0. The van der Waals surface area contributed by atoms with Gasteiger partial charge >= 0.3 is 0 Å². The molecule has 23 heavy (non-hydrogen) atoms. The lowest BCUT2D eigenvalue weighted by molar-refractivity contribution is -0.121. The molecular weight excluding hydrogens is 335 g/mol. The number of amides is 1. The molecule has 0 fully saturated rings. The van der Waals surface area contributed by atoms with Gasteiger partial charge in [0.15, 0.2) is 0 Å². The number of hydrogen-bond acceptors (Lipinski definition) is 3. The molecule has 2 aromatic carbocycles. The number of rotatable bonds is 6. The zero-order valence-corrected chi connectivity index (χ0v) is 14.1. The highest BCUT2D eigenvalue weighted by molar-refractivity contribution is 6.38. The lowest BCUT2D eigenvalue weighted by Gasteiger charge is -2.07. The van der Waals surface area contributed by atoms with Crippen molar-refractivity contribution < 1.29 is 9.53 Å². The van der Waals surface area contributed by atoms with Crippen LogP contribution >= 0.6 is 23.2 Å². The van der Waals surface area contributed by atoms with Gasteiger partial charge in [-0.1, -0.05) is 47.5 Å². The van der Waals surface area contributed by atoms with Gasteiger partial charge in [-0.3, -0.25) is 4.79 Å². The maximum atomic E-state index is 11.7. The summed E-state index contributed by atoms with van der Waals surface area (Å²) in [4.78, 5) is 11.7. The number of hydrazone groups is 1. The van der Waals surface area contributed by atoms with Gasteiger partial charge in [0.1, 0.15) is 5.75 Å². The number of carbonyl (C=O) groups excluding carboxylic acids is 1. The Balaban J connectivity index is 1.79. The van der Waals surface area contributed by atoms with E-state index in [9.17, 15) is 4.79 Å². The molecule has 2 rings (SSSR count). The Kier molecular flexibility index (Phi) is 6.44. The quantitative estimate of drug-likeness (QED) is 0.626. The van der Waals surface area contributed by atoms with Gasteiger partial charge < -0.3 is 4.74 Å². The first-order chi connectivity index (χ1) is 11.1. The molecule has 0 saturated heterocycles. The SMILES string of the molecule is Cc1ccccc1OCCC(=O)N/N=C\c1c(Cl)cccc1Cl. The van der Waals surface area contributed by atoms with E-state index in [4.69, 9.17) is 27.9 Å². The fraction of sp³-hybridized carbons (Fsp3) is 0.176. The normalized spacial score (nSPS) is 10.7. The third-order valence-corrected chi connectivity index (χ3v) is 3.72. The molecule has 0 aliphatic carbocycles. The zero-order valence-electron chi connectivity index (χ0n) is 12.6. The summed E-state index contributed by atoms with van der Waals surface area (Å²) in [6.07, 6.45) is 1.62. The van der Waals surface area contributed by atoms with E-state index in [1.54, 1.807) is 18.2 Å². The van der Waals surface area contributed by atoms with Crippen molar-refractivity contribution in [2.75, 3.05) is 6.61 Å². The zero-order chi connectivity index (χ0) is 16.7. The van der Waals surface area contributed by atoms with Crippen LogP contribution in [0.25, 0.3) is 0 Å². The van der Waals surface area contributed by atoms with Crippen molar-refractivity contribution in [1.29, 1.82) is 0 Å². The molecule has 1 N–H and O–H groups in total. The molecule has 2 aromatic rings. The first-order valence-electron chi connectivity index (χ1n) is 7.02. The first kappa shape index (κ1) is 17.3. The molecule has 4 nitrogen and oxygen atoms in total. The monoisotopic (exact) mass is 350 g/mol. The van der Waals surface area contributed by atoms with Gasteiger partial charge in [-0.05, 0) is 30.7 Å². The second-order valence-electron chi connectivity index (χ2n) is 4.79. The predicted octanol–water partition coefficient (Wildman–Crippen LogP) is 4.22. The van der Waals surface area contributed by atoms with Gasteiger partial charge in [-0.25, -0.2) is 5.43 Å². The highest BCUT2D eigenvalue weighted by atomic mass is 35.5. The molecule has 0 unspecified atom stereocenters. The van der Waals surface area contributed by atoms with E-state index in [1.807, 2.05) is 31.2 Å². The van der Waals surface area contributed by atoms with Crippen molar-refractivity contribution >= 4 is 35.3 Å². The van der Waals surface area contributed by atoms with Crippen LogP contribution < -0.4 is 10.2 Å². The summed E-state index contributed by atoms with van der Waals surface area (Å²) < 4.78 is 5.56. The summed E-state index contributed by atoms with van der Waals surface area (Å²) in [5.74, 6) is 0.518. The summed E-state index contributed by atoms with van der Waals surface area (Å²) in [5.41, 5.74) is 4.01. The van der Waals surface area contributed by atoms with Crippen molar-refractivity contribution in [3.8, 4) is 5.75 Å². The van der Waals surface area contributed by atoms with E-state index in [1.165, 1.54) is 6.21 Å². The average molecular weight is 351 g/mol. The first-order valence-corrected chi connectivity index (χ1v) is 7.78. The highest BCUT2D eigenvalue weighted by Gasteiger charge is 2.04. The van der Waals surface area contributed by atoms with E-state index < -0.39 is 0 Å². The smallest absolute Gasteiger partial charge is 0.243 e. The van der Waals surface area contributed by atoms with Gasteiger partial charge in [0.2, 0.25) is 5.91 Å². The number of carbonyl (C=O) groups is 1. The van der Waals surface area contributed by atoms with Crippen molar-refractivity contribution in [2.45, 2.75) is 13.3 Å². The van der Waals surface area contributed by atoms with Crippen LogP contribution in [-0.2, 0) is 4.79 Å². The third kappa shape index (κ3) is 5.27. The fourth-order valence-electron chi connectivity index (χ4n) is 1.83. The van der Waals surface area contributed by atoms with Crippen LogP contribution in [0.3, 0.4) is 0 Å². The maximum absolute atomic E-state index is 11.7. The summed E-state index contributed by atoms with van der Waals surface area (Å²) in [6, 6.07) is 12.8. The Hall–Kier alpha value is -2.04. The fourth-order valence-corrected chi connectivity index (χ4v) is 2.33. The van der Waals surface area contributed by atoms with Crippen molar-refractivity contribution in [3.63, 3.8) is 0 Å². The molecule has 0 atom stereocenters. The van der Waals surface area contributed by atoms with Gasteiger partial charge in [0.25, 0.3) is 0 Å². The Morgan fingerprint density at radius 3 is 2.57 bits per heavy atom. The van der Waals surface area contributed by atoms with E-state index in [0.717, 1.165) is 11.3 Å². The van der Waals surface area contributed by atoms with Gasteiger partial charge in [-0.2, -0.15) is 5.10 Å². The van der Waals surface area contributed by atoms with E-state index in [-0.39, 0.29) is 18.9 Å². The minimum Gasteiger partial charge on any atom is -0.493 e. The van der Waals surface area contributed by atoms with Crippen LogP contribution in [0.15, 0.2) is 47.6 Å². The van der Waals surface area contributed by atoms with Crippen LogP contribution in [0.4, 0.5) is 0 Å². The van der Waals surface area contributed by atoms with Crippen LogP contribution in [0.5, 0.6) is 5.75 Å². The molecule has 0 radical (unpaired) electrons. The summed E-state index contributed by atoms with van der Waals surface area (Å²) in [5, 5.41) is 4.80. The third-order valence-electron chi connectivity index (χ3n) is 3.06. The molecule has 0 heterocycles. The van der Waals surface area contributed by atoms with Crippen LogP contribution in [-0.4, -0.2) is 18.7 Å². The van der Waals surface area contributed by atoms with Crippen molar-refractivity contribution in [2.24, 2.45) is 5.10 Å². The topological polar surface area (TPSA) is 50.7 Å². The summed E-state index contributed by atoms with van der Waals surface area (Å²) in [7, 11) is 0. The number of benzene rings is 2. The lowest BCUT2D eigenvalue weighted by Crippen LogP contribution is -2.20. The Labute approximate surface area is 145 Å². The largest absolute Gasteiger partial charge is 0.493 e. The molecule has 0 spiro atoms. The van der Waals surface area contributed by atoms with E-state index in [0.29, 0.717) is 15.6 Å². The molecular formula is C17H16Cl2N2O2. The molecule has 0 saturated carbocycles. The number of ether oxygens (including phenoxy) is 1. The number of aryl methyl sites for hydroxylation is 1. The molecule has 0 bridgehead atoms. The number of nitrogens with one attached hydrogen (secondary N) is 1. The standard InChI is InChI=1S/C17H16Cl2N2O2/c1-12-5-2-3-8-16(12)23-10-9-17(22)21-20-11-13-14(18)6-4-7-15(13)19/h2-8,11H,9-10H2,1H3,(H,21,22)/b20-11-. The Morgan fingerprint density at radius 2 is 1.87 bits per heavy atom. The minimum atomic E-state index is -0.252. The van der Waals surface area contributed by atoms with Gasteiger partial charge in [-0.15, -0.1) is 0 Å². The molecule has 0 aromatic heterocycles. The van der Waals surface area contributed by atoms with Crippen molar-refractivity contribution in [1.82, 2.24) is 5.43 Å². The highest BCUT2D eigenvalue weighted by Crippen LogP contribution is 2.22. The molecule has 6 heteroatoms. The number of halogens is 2. The second kappa shape index (κ2) is 8.56. The van der Waals surface area contributed by atoms with E-state index >= 15 is 0 Å². The Bertz CT molecular complexity index is 697. The summed E-state index contributed by atoms with van der Waals surface area (Å²) in [6.45, 7) is 2.23. The lowest BCUT2D eigenvalue weighted by atomic mass is 10.2. The van der Waals surface area contributed by atoms with Crippen LogP contribution in [0.2, 0.25) is 10.0 Å². The molecule has 120 valence electrons. The maximum Gasteiger partial charge on any atom is 0.243 e. The second-order valence-corrected chi connectivity index (χ2v) is 5.61.